The Morgan fingerprint density at radius 1 is 1.09 bits per heavy atom. The van der Waals surface area contributed by atoms with Gasteiger partial charge < -0.3 is 19.5 Å². The van der Waals surface area contributed by atoms with Gasteiger partial charge in [0.2, 0.25) is 5.88 Å². The van der Waals surface area contributed by atoms with Gasteiger partial charge in [-0.1, -0.05) is 31.5 Å². The molecule has 0 amide bonds. The lowest BCUT2D eigenvalue weighted by atomic mass is 9.70. The highest BCUT2D eigenvalue weighted by atomic mass is 35.5. The second-order valence-corrected chi connectivity index (χ2v) is 9.35. The Morgan fingerprint density at radius 2 is 1.79 bits per heavy atom. The molecule has 1 atom stereocenters. The van der Waals surface area contributed by atoms with Crippen molar-refractivity contribution in [2.24, 2.45) is 5.41 Å². The fraction of sp³-hybridized carbons (Fsp3) is 0.308. The molecule has 7 heteroatoms. The van der Waals surface area contributed by atoms with E-state index in [2.05, 4.69) is 11.4 Å². The van der Waals surface area contributed by atoms with Gasteiger partial charge in [0.25, 0.3) is 0 Å². The molecule has 4 rings (SSSR count). The summed E-state index contributed by atoms with van der Waals surface area (Å²) in [5, 5.41) is 14.0. The zero-order chi connectivity index (χ0) is 23.8. The fourth-order valence-electron chi connectivity index (χ4n) is 4.38. The van der Waals surface area contributed by atoms with E-state index in [0.29, 0.717) is 52.2 Å². The minimum Gasteiger partial charge on any atom is -0.493 e. The van der Waals surface area contributed by atoms with Gasteiger partial charge in [0.15, 0.2) is 17.3 Å². The van der Waals surface area contributed by atoms with E-state index < -0.39 is 5.92 Å². The van der Waals surface area contributed by atoms with E-state index in [1.165, 1.54) is 0 Å². The first-order valence-corrected chi connectivity index (χ1v) is 11.0. The number of anilines is 1. The molecule has 0 saturated heterocycles. The number of ketones is 1. The molecule has 1 unspecified atom stereocenters. The summed E-state index contributed by atoms with van der Waals surface area (Å²) in [6, 6.07) is 14.8. The van der Waals surface area contributed by atoms with Crippen LogP contribution in [0.3, 0.4) is 0 Å². The van der Waals surface area contributed by atoms with Gasteiger partial charge in [0, 0.05) is 29.1 Å². The highest BCUT2D eigenvalue weighted by Gasteiger charge is 2.43. The van der Waals surface area contributed by atoms with Crippen LogP contribution in [0.5, 0.6) is 11.5 Å². The molecule has 1 aliphatic carbocycles. The maximum absolute atomic E-state index is 13.3. The molecule has 1 aliphatic heterocycles. The zero-order valence-electron chi connectivity index (χ0n) is 19.0. The summed E-state index contributed by atoms with van der Waals surface area (Å²) >= 11 is 6.02. The Kier molecular flexibility index (Phi) is 6.09. The number of halogens is 1. The molecule has 0 bridgehead atoms. The Hall–Kier alpha value is -3.43. The first-order chi connectivity index (χ1) is 15.8. The van der Waals surface area contributed by atoms with E-state index in [9.17, 15) is 10.1 Å². The van der Waals surface area contributed by atoms with Crippen molar-refractivity contribution in [1.29, 1.82) is 5.26 Å². The topological polar surface area (TPSA) is 80.6 Å². The summed E-state index contributed by atoms with van der Waals surface area (Å²) in [7, 11) is 3.12. The molecule has 33 heavy (non-hydrogen) atoms. The molecule has 0 radical (unpaired) electrons. The van der Waals surface area contributed by atoms with Crippen LogP contribution >= 0.6 is 11.6 Å². The average Bonchev–Trinajstić information content (AvgIpc) is 2.78. The lowest BCUT2D eigenvalue weighted by Gasteiger charge is -2.38. The van der Waals surface area contributed by atoms with Gasteiger partial charge in [-0.05, 0) is 47.4 Å². The van der Waals surface area contributed by atoms with Crippen molar-refractivity contribution in [2.45, 2.75) is 32.6 Å². The van der Waals surface area contributed by atoms with Crippen molar-refractivity contribution in [3.63, 3.8) is 0 Å². The van der Waals surface area contributed by atoms with Crippen LogP contribution in [0.2, 0.25) is 5.02 Å². The number of ether oxygens (including phenoxy) is 3. The molecule has 170 valence electrons. The molecule has 2 aromatic rings. The molecule has 1 heterocycles. The summed E-state index contributed by atoms with van der Waals surface area (Å²) in [6.45, 7) is 4.08. The van der Waals surface area contributed by atoms with Crippen LogP contribution in [-0.2, 0) is 9.53 Å². The van der Waals surface area contributed by atoms with Crippen LogP contribution in [0.15, 0.2) is 65.3 Å². The van der Waals surface area contributed by atoms with E-state index in [1.807, 2.05) is 26.0 Å². The van der Waals surface area contributed by atoms with Crippen molar-refractivity contribution in [1.82, 2.24) is 0 Å². The molecule has 0 fully saturated rings. The van der Waals surface area contributed by atoms with Gasteiger partial charge in [-0.15, -0.1) is 0 Å². The van der Waals surface area contributed by atoms with Crippen LogP contribution in [-0.4, -0.2) is 20.0 Å². The molecule has 2 aliphatic rings. The number of rotatable bonds is 5. The number of benzene rings is 2. The van der Waals surface area contributed by atoms with Crippen molar-refractivity contribution in [3.8, 4) is 17.6 Å². The number of allylic oxidation sites excluding steroid dienone is 3. The second kappa shape index (κ2) is 8.84. The van der Waals surface area contributed by atoms with Crippen molar-refractivity contribution >= 4 is 23.1 Å². The molecule has 1 N–H and O–H groups in total. The van der Waals surface area contributed by atoms with Gasteiger partial charge in [0.1, 0.15) is 17.4 Å². The van der Waals surface area contributed by atoms with Gasteiger partial charge in [0.05, 0.1) is 20.1 Å². The Morgan fingerprint density at radius 3 is 2.42 bits per heavy atom. The molecule has 2 aromatic carbocycles. The summed E-state index contributed by atoms with van der Waals surface area (Å²) in [6.07, 6.45) is 0.972. The smallest absolute Gasteiger partial charge is 0.212 e. The lowest BCUT2D eigenvalue weighted by Crippen LogP contribution is -2.33. The monoisotopic (exact) mass is 464 g/mol. The average molecular weight is 465 g/mol. The number of nitrogens with zero attached hydrogens (tertiary/aromatic N) is 1. The van der Waals surface area contributed by atoms with Crippen LogP contribution in [0.4, 0.5) is 5.69 Å². The number of carbonyl (C=O) groups excluding carboxylic acids is 1. The van der Waals surface area contributed by atoms with Crippen LogP contribution in [0, 0.1) is 16.7 Å². The Labute approximate surface area is 198 Å². The van der Waals surface area contributed by atoms with E-state index in [-0.39, 0.29) is 11.2 Å². The summed E-state index contributed by atoms with van der Waals surface area (Å²) in [4.78, 5) is 13.3. The predicted molar refractivity (Wildman–Crippen MR) is 126 cm³/mol. The molecule has 0 spiro atoms. The number of hydrogen-bond donors (Lipinski definition) is 1. The third-order valence-corrected chi connectivity index (χ3v) is 6.14. The van der Waals surface area contributed by atoms with E-state index in [4.69, 9.17) is 25.8 Å². The molecule has 0 aromatic heterocycles. The van der Waals surface area contributed by atoms with Gasteiger partial charge in [-0.3, -0.25) is 4.79 Å². The number of Topliss-reactive ketones (excluding diaryl/α,β-unsaturated/α-hetero) is 1. The highest BCUT2D eigenvalue weighted by Crippen LogP contribution is 2.49. The summed E-state index contributed by atoms with van der Waals surface area (Å²) < 4.78 is 17.1. The van der Waals surface area contributed by atoms with Gasteiger partial charge in [-0.25, -0.2) is 0 Å². The standard InChI is InChI=1S/C26H25ClN2O4/c1-26(2)12-19(30)24-22(13-26)33-25(29-17-8-6-16(27)7-9-17)18(14-28)23(24)15-5-10-20(31-3)21(11-15)32-4/h5-11,23,29H,12-13H2,1-4H3. The lowest BCUT2D eigenvalue weighted by molar-refractivity contribution is -0.119. The van der Waals surface area contributed by atoms with Crippen LogP contribution < -0.4 is 14.8 Å². The van der Waals surface area contributed by atoms with Crippen molar-refractivity contribution < 1.29 is 19.0 Å². The molecule has 0 saturated carbocycles. The fourth-order valence-corrected chi connectivity index (χ4v) is 4.51. The number of nitriles is 1. The first kappa shape index (κ1) is 22.8. The molecular formula is C26H25ClN2O4. The minimum absolute atomic E-state index is 0.0145. The van der Waals surface area contributed by atoms with Gasteiger partial charge in [-0.2, -0.15) is 5.26 Å². The summed E-state index contributed by atoms with van der Waals surface area (Å²) in [5.74, 6) is 1.39. The van der Waals surface area contributed by atoms with E-state index in [1.54, 1.807) is 44.6 Å². The third-order valence-electron chi connectivity index (χ3n) is 5.89. The zero-order valence-corrected chi connectivity index (χ0v) is 19.7. The maximum atomic E-state index is 13.3. The van der Waals surface area contributed by atoms with Crippen LogP contribution in [0.25, 0.3) is 0 Å². The first-order valence-electron chi connectivity index (χ1n) is 10.6. The molecule has 6 nitrogen and oxygen atoms in total. The predicted octanol–water partition coefficient (Wildman–Crippen LogP) is 5.96. The third kappa shape index (κ3) is 4.42. The number of carbonyl (C=O) groups is 1. The normalized spacial score (nSPS) is 19.4. The largest absolute Gasteiger partial charge is 0.493 e. The quantitative estimate of drug-likeness (QED) is 0.587. The SMILES string of the molecule is COc1ccc(C2C(C#N)=C(Nc3ccc(Cl)cc3)OC3=C2C(=O)CC(C)(C)C3)cc1OC. The maximum Gasteiger partial charge on any atom is 0.212 e. The number of methoxy groups -OCH3 is 2. The molecular weight excluding hydrogens is 440 g/mol. The Balaban J connectivity index is 1.87. The van der Waals surface area contributed by atoms with Gasteiger partial charge >= 0.3 is 0 Å². The number of hydrogen-bond acceptors (Lipinski definition) is 6. The van der Waals surface area contributed by atoms with E-state index in [0.717, 1.165) is 11.3 Å². The van der Waals surface area contributed by atoms with E-state index >= 15 is 0 Å². The Bertz CT molecular complexity index is 1210. The van der Waals surface area contributed by atoms with Crippen LogP contribution in [0.1, 0.15) is 38.2 Å². The second-order valence-electron chi connectivity index (χ2n) is 8.91. The highest BCUT2D eigenvalue weighted by molar-refractivity contribution is 6.30. The minimum atomic E-state index is -0.586. The summed E-state index contributed by atoms with van der Waals surface area (Å²) in [5.41, 5.74) is 2.08. The van der Waals surface area contributed by atoms with Crippen molar-refractivity contribution in [2.75, 3.05) is 19.5 Å². The number of nitrogens with one attached hydrogen (secondary N) is 1. The van der Waals surface area contributed by atoms with Crippen molar-refractivity contribution in [3.05, 3.63) is 75.8 Å².